The Hall–Kier alpha value is -2.69. The Morgan fingerprint density at radius 2 is 1.95 bits per heavy atom. The van der Waals surface area contributed by atoms with Crippen molar-refractivity contribution in [1.29, 1.82) is 0 Å². The molecule has 1 aromatic heterocycles. The molecule has 3 rings (SSSR count). The molecule has 1 aromatic carbocycles. The first-order chi connectivity index (χ1) is 10.7. The maximum absolute atomic E-state index is 12.7. The number of nitrogens with one attached hydrogen (secondary N) is 2. The number of H-pyrrole nitrogens is 1. The Morgan fingerprint density at radius 1 is 1.18 bits per heavy atom. The predicted molar refractivity (Wildman–Crippen MR) is 84.0 cm³/mol. The van der Waals surface area contributed by atoms with Gasteiger partial charge < -0.3 is 5.32 Å². The highest BCUT2D eigenvalue weighted by atomic mass is 16.1. The van der Waals surface area contributed by atoms with Crippen LogP contribution in [-0.4, -0.2) is 21.8 Å². The zero-order chi connectivity index (χ0) is 15.5. The van der Waals surface area contributed by atoms with Crippen LogP contribution < -0.4 is 5.32 Å². The minimum Gasteiger partial charge on any atom is -0.352 e. The summed E-state index contributed by atoms with van der Waals surface area (Å²) < 4.78 is 0. The molecule has 0 spiro atoms. The molecule has 0 radical (unpaired) electrons. The molecule has 0 saturated heterocycles. The van der Waals surface area contributed by atoms with E-state index in [0.717, 1.165) is 30.6 Å². The van der Waals surface area contributed by atoms with Gasteiger partial charge in [0.05, 0.1) is 11.3 Å². The fraction of sp³-hybridized carbons (Fsp3) is 0.235. The maximum atomic E-state index is 12.7. The van der Waals surface area contributed by atoms with Crippen molar-refractivity contribution in [3.63, 3.8) is 0 Å². The lowest BCUT2D eigenvalue weighted by Crippen LogP contribution is -2.21. The van der Waals surface area contributed by atoms with Gasteiger partial charge in [-0.2, -0.15) is 5.10 Å². The van der Waals surface area contributed by atoms with E-state index in [1.54, 1.807) is 0 Å². The van der Waals surface area contributed by atoms with Crippen LogP contribution in [0, 0.1) is 0 Å². The van der Waals surface area contributed by atoms with Crippen molar-refractivity contribution >= 4 is 17.3 Å². The van der Waals surface area contributed by atoms with Crippen LogP contribution >= 0.6 is 0 Å². The predicted octanol–water partition coefficient (Wildman–Crippen LogP) is 3.13. The number of carbonyl (C=O) groups excluding carboxylic acids is 2. The number of carbonyl (C=O) groups is 2. The fourth-order valence-electron chi connectivity index (χ4n) is 2.50. The molecule has 0 atom stereocenters. The quantitative estimate of drug-likeness (QED) is 0.888. The molecule has 112 valence electrons. The summed E-state index contributed by atoms with van der Waals surface area (Å²) in [7, 11) is 0. The van der Waals surface area contributed by atoms with Crippen LogP contribution in [0.1, 0.15) is 46.3 Å². The second-order valence-corrected chi connectivity index (χ2v) is 5.27. The van der Waals surface area contributed by atoms with E-state index in [1.165, 1.54) is 6.08 Å². The molecular weight excluding hydrogens is 278 g/mol. The van der Waals surface area contributed by atoms with E-state index in [4.69, 9.17) is 0 Å². The number of hydrogen-bond acceptors (Lipinski definition) is 4. The lowest BCUT2D eigenvalue weighted by atomic mass is 9.95. The van der Waals surface area contributed by atoms with Gasteiger partial charge in [-0.1, -0.05) is 31.5 Å². The summed E-state index contributed by atoms with van der Waals surface area (Å²) in [5, 5.41) is 9.88. The molecule has 0 unspecified atom stereocenters. The van der Waals surface area contributed by atoms with Crippen molar-refractivity contribution in [2.75, 3.05) is 5.32 Å². The average molecular weight is 295 g/mol. The van der Waals surface area contributed by atoms with Crippen LogP contribution in [0.5, 0.6) is 0 Å². The third-order valence-electron chi connectivity index (χ3n) is 3.65. The number of hydrogen-bond donors (Lipinski definition) is 2. The Kier molecular flexibility index (Phi) is 3.87. The van der Waals surface area contributed by atoms with E-state index in [9.17, 15) is 9.59 Å². The lowest BCUT2D eigenvalue weighted by Gasteiger charge is -2.14. The first-order valence-electron chi connectivity index (χ1n) is 7.40. The molecule has 2 aromatic rings. The summed E-state index contributed by atoms with van der Waals surface area (Å²) >= 11 is 0. The van der Waals surface area contributed by atoms with Crippen molar-refractivity contribution in [1.82, 2.24) is 10.2 Å². The van der Waals surface area contributed by atoms with Crippen LogP contribution in [0.4, 0.5) is 5.69 Å². The van der Waals surface area contributed by atoms with Crippen molar-refractivity contribution in [2.24, 2.45) is 0 Å². The number of aryl methyl sites for hydroxylation is 1. The Balaban J connectivity index is 1.91. The number of unbranched alkanes of at least 4 members (excludes halogenated alkanes) is 1. The Morgan fingerprint density at radius 3 is 2.68 bits per heavy atom. The largest absolute Gasteiger partial charge is 0.352 e. The molecule has 0 fully saturated rings. The van der Waals surface area contributed by atoms with Crippen molar-refractivity contribution in [2.45, 2.75) is 26.2 Å². The molecule has 0 bridgehead atoms. The monoisotopic (exact) mass is 295 g/mol. The standard InChI is InChI=1S/C17H17N3O2/c1-2-3-9-12-15-16(20-19-12)14(21)10-13(17(15)22)18-11-7-5-4-6-8-11/h4-8,10,18H,2-3,9H2,1H3,(H,19,20). The third kappa shape index (κ3) is 2.57. The van der Waals surface area contributed by atoms with Gasteiger partial charge in [-0.05, 0) is 25.0 Å². The normalized spacial score (nSPS) is 13.8. The van der Waals surface area contributed by atoms with E-state index in [2.05, 4.69) is 22.4 Å². The molecule has 0 aliphatic heterocycles. The van der Waals surface area contributed by atoms with Crippen LogP contribution in [0.2, 0.25) is 0 Å². The van der Waals surface area contributed by atoms with Crippen molar-refractivity contribution in [3.05, 3.63) is 59.1 Å². The minimum atomic E-state index is -0.243. The highest BCUT2D eigenvalue weighted by Gasteiger charge is 2.31. The van der Waals surface area contributed by atoms with Gasteiger partial charge in [-0.25, -0.2) is 0 Å². The molecule has 0 amide bonds. The van der Waals surface area contributed by atoms with E-state index >= 15 is 0 Å². The Labute approximate surface area is 128 Å². The SMILES string of the molecule is CCCCc1[nH]nc2c1C(=O)C(Nc1ccccc1)=CC2=O. The summed E-state index contributed by atoms with van der Waals surface area (Å²) in [5.41, 5.74) is 2.46. The van der Waals surface area contributed by atoms with Crippen molar-refractivity contribution < 1.29 is 9.59 Å². The number of fused-ring (bicyclic) bond motifs is 1. The van der Waals surface area contributed by atoms with Gasteiger partial charge in [0, 0.05) is 17.5 Å². The van der Waals surface area contributed by atoms with Gasteiger partial charge in [0.25, 0.3) is 0 Å². The van der Waals surface area contributed by atoms with E-state index in [1.807, 2.05) is 30.3 Å². The van der Waals surface area contributed by atoms with Crippen LogP contribution in [-0.2, 0) is 6.42 Å². The molecule has 5 heteroatoms. The number of allylic oxidation sites excluding steroid dienone is 2. The van der Waals surface area contributed by atoms with Gasteiger partial charge in [-0.15, -0.1) is 0 Å². The van der Waals surface area contributed by atoms with Gasteiger partial charge in [0.1, 0.15) is 5.69 Å². The second-order valence-electron chi connectivity index (χ2n) is 5.27. The molecule has 1 aliphatic rings. The molecule has 1 heterocycles. The average Bonchev–Trinajstić information content (AvgIpc) is 2.96. The van der Waals surface area contributed by atoms with Crippen LogP contribution in [0.15, 0.2) is 42.1 Å². The van der Waals surface area contributed by atoms with Gasteiger partial charge in [-0.3, -0.25) is 14.7 Å². The van der Waals surface area contributed by atoms with Gasteiger partial charge >= 0.3 is 0 Å². The minimum absolute atomic E-state index is 0.182. The smallest absolute Gasteiger partial charge is 0.213 e. The number of ketones is 2. The van der Waals surface area contributed by atoms with E-state index in [-0.39, 0.29) is 17.3 Å². The lowest BCUT2D eigenvalue weighted by molar-refractivity contribution is 0.0983. The molecular formula is C17H17N3O2. The molecule has 22 heavy (non-hydrogen) atoms. The highest BCUT2D eigenvalue weighted by molar-refractivity contribution is 6.25. The highest BCUT2D eigenvalue weighted by Crippen LogP contribution is 2.24. The number of para-hydroxylation sites is 1. The van der Waals surface area contributed by atoms with Gasteiger partial charge in [0.2, 0.25) is 11.6 Å². The zero-order valence-corrected chi connectivity index (χ0v) is 12.3. The first kappa shape index (κ1) is 14.3. The van der Waals surface area contributed by atoms with Gasteiger partial charge in [0.15, 0.2) is 0 Å². The number of nitrogens with zero attached hydrogens (tertiary/aromatic N) is 1. The topological polar surface area (TPSA) is 74.8 Å². The number of rotatable bonds is 5. The third-order valence-corrected chi connectivity index (χ3v) is 3.65. The summed E-state index contributed by atoms with van der Waals surface area (Å²) in [6.07, 6.45) is 4.00. The number of anilines is 1. The maximum Gasteiger partial charge on any atom is 0.213 e. The number of benzene rings is 1. The van der Waals surface area contributed by atoms with Crippen LogP contribution in [0.3, 0.4) is 0 Å². The van der Waals surface area contributed by atoms with E-state index < -0.39 is 0 Å². The zero-order valence-electron chi connectivity index (χ0n) is 12.3. The summed E-state index contributed by atoms with van der Waals surface area (Å²) in [4.78, 5) is 24.8. The summed E-state index contributed by atoms with van der Waals surface area (Å²) in [6.45, 7) is 2.08. The number of aromatic amines is 1. The molecule has 5 nitrogen and oxygen atoms in total. The van der Waals surface area contributed by atoms with Crippen molar-refractivity contribution in [3.8, 4) is 0 Å². The molecule has 2 N–H and O–H groups in total. The fourth-order valence-corrected chi connectivity index (χ4v) is 2.50. The molecule has 0 saturated carbocycles. The summed E-state index contributed by atoms with van der Waals surface area (Å²) in [6, 6.07) is 9.33. The van der Waals surface area contributed by atoms with Crippen LogP contribution in [0.25, 0.3) is 0 Å². The Bertz CT molecular complexity index is 745. The number of aromatic nitrogens is 2. The second kappa shape index (κ2) is 5.97. The first-order valence-corrected chi connectivity index (χ1v) is 7.40. The van der Waals surface area contributed by atoms with E-state index in [0.29, 0.717) is 11.3 Å². The summed E-state index contributed by atoms with van der Waals surface area (Å²) in [5.74, 6) is -0.426. The molecule has 1 aliphatic carbocycles. The number of Topliss-reactive ketones (excluding diaryl/α,β-unsaturated/α-hetero) is 1.